The number of carbonyl (C=O) groups is 2. The summed E-state index contributed by atoms with van der Waals surface area (Å²) in [6.45, 7) is -1.22. The molecule has 0 radical (unpaired) electrons. The molecule has 2 N–H and O–H groups in total. The van der Waals surface area contributed by atoms with Gasteiger partial charge >= 0.3 is 0 Å². The fourth-order valence-corrected chi connectivity index (χ4v) is 2.86. The van der Waals surface area contributed by atoms with Crippen LogP contribution in [0, 0.1) is 0 Å². The lowest BCUT2D eigenvalue weighted by atomic mass is 10.0. The molecular weight excluding hydrogens is 318 g/mol. The maximum atomic E-state index is 13.5. The van der Waals surface area contributed by atoms with Gasteiger partial charge in [-0.1, -0.05) is 12.1 Å². The lowest BCUT2D eigenvalue weighted by molar-refractivity contribution is 0.0116. The van der Waals surface area contributed by atoms with Gasteiger partial charge in [-0.05, 0) is 18.2 Å². The summed E-state index contributed by atoms with van der Waals surface area (Å²) in [7, 11) is 0. The van der Waals surface area contributed by atoms with Gasteiger partial charge in [0.15, 0.2) is 5.78 Å². The van der Waals surface area contributed by atoms with Crippen molar-refractivity contribution in [2.45, 2.75) is 18.4 Å². The Kier molecular flexibility index (Phi) is 4.19. The molecule has 24 heavy (non-hydrogen) atoms. The third kappa shape index (κ3) is 3.07. The molecule has 0 bridgehead atoms. The molecule has 1 amide bonds. The fraction of sp³-hybridized carbons (Fsp3) is 0.294. The van der Waals surface area contributed by atoms with Crippen molar-refractivity contribution in [2.24, 2.45) is 0 Å². The number of alkyl halides is 2. The number of benzene rings is 1. The molecule has 1 aromatic carbocycles. The number of H-pyrrole nitrogens is 1. The summed E-state index contributed by atoms with van der Waals surface area (Å²) in [5.74, 6) is -3.77. The van der Waals surface area contributed by atoms with E-state index >= 15 is 0 Å². The largest absolute Gasteiger partial charge is 0.394 e. The number of aromatic nitrogens is 1. The van der Waals surface area contributed by atoms with Gasteiger partial charge in [0.2, 0.25) is 0 Å². The average Bonchev–Trinajstić information content (AvgIpc) is 3.21. The van der Waals surface area contributed by atoms with Crippen molar-refractivity contribution in [1.29, 1.82) is 0 Å². The van der Waals surface area contributed by atoms with Crippen molar-refractivity contribution < 1.29 is 23.5 Å². The number of aliphatic hydroxyl groups is 1. The van der Waals surface area contributed by atoms with Gasteiger partial charge in [0.05, 0.1) is 19.2 Å². The molecule has 5 nitrogen and oxygen atoms in total. The number of aromatic amines is 1. The summed E-state index contributed by atoms with van der Waals surface area (Å²) < 4.78 is 27.0. The van der Waals surface area contributed by atoms with E-state index in [0.29, 0.717) is 11.1 Å². The van der Waals surface area contributed by atoms with E-state index in [9.17, 15) is 23.5 Å². The Morgan fingerprint density at radius 1 is 1.17 bits per heavy atom. The molecule has 0 spiro atoms. The molecule has 1 aromatic heterocycles. The molecule has 2 aromatic rings. The predicted molar refractivity (Wildman–Crippen MR) is 82.1 cm³/mol. The average molecular weight is 334 g/mol. The van der Waals surface area contributed by atoms with E-state index in [1.165, 1.54) is 24.3 Å². The number of amides is 1. The molecule has 0 saturated carbocycles. The van der Waals surface area contributed by atoms with E-state index in [2.05, 4.69) is 4.98 Å². The van der Waals surface area contributed by atoms with E-state index in [4.69, 9.17) is 0 Å². The topological polar surface area (TPSA) is 73.4 Å². The van der Waals surface area contributed by atoms with Gasteiger partial charge in [-0.3, -0.25) is 9.59 Å². The van der Waals surface area contributed by atoms with Crippen LogP contribution in [0.2, 0.25) is 0 Å². The number of carbonyl (C=O) groups excluding carboxylic acids is 2. The summed E-state index contributed by atoms with van der Waals surface area (Å²) in [4.78, 5) is 28.4. The minimum absolute atomic E-state index is 0.198. The summed E-state index contributed by atoms with van der Waals surface area (Å²) in [5.41, 5.74) is 1.10. The van der Waals surface area contributed by atoms with E-state index in [0.717, 1.165) is 4.90 Å². The van der Waals surface area contributed by atoms with Crippen LogP contribution in [0.1, 0.15) is 32.7 Å². The van der Waals surface area contributed by atoms with E-state index in [-0.39, 0.29) is 11.3 Å². The number of nitrogens with zero attached hydrogens (tertiary/aromatic N) is 1. The second kappa shape index (κ2) is 6.16. The van der Waals surface area contributed by atoms with Gasteiger partial charge in [0.25, 0.3) is 11.8 Å². The van der Waals surface area contributed by atoms with Crippen LogP contribution in [0.5, 0.6) is 0 Å². The van der Waals surface area contributed by atoms with Gasteiger partial charge in [-0.15, -0.1) is 0 Å². The molecule has 1 aliphatic heterocycles. The van der Waals surface area contributed by atoms with Crippen LogP contribution >= 0.6 is 0 Å². The second-order valence-electron chi connectivity index (χ2n) is 5.84. The van der Waals surface area contributed by atoms with Crippen LogP contribution in [-0.2, 0) is 0 Å². The van der Waals surface area contributed by atoms with Gasteiger partial charge in [-0.2, -0.15) is 0 Å². The van der Waals surface area contributed by atoms with Gasteiger partial charge in [0.1, 0.15) is 0 Å². The monoisotopic (exact) mass is 334 g/mol. The number of rotatable bonds is 4. The molecule has 2 heterocycles. The van der Waals surface area contributed by atoms with Gasteiger partial charge < -0.3 is 15.0 Å². The number of likely N-dealkylation sites (tertiary alicyclic amines) is 1. The van der Waals surface area contributed by atoms with E-state index in [1.54, 1.807) is 18.5 Å². The minimum Gasteiger partial charge on any atom is -0.394 e. The normalized spacial score (nSPS) is 19.5. The number of aliphatic hydroxyl groups excluding tert-OH is 1. The van der Waals surface area contributed by atoms with Crippen molar-refractivity contribution in [2.75, 3.05) is 13.2 Å². The number of hydrogen-bond donors (Lipinski definition) is 2. The summed E-state index contributed by atoms with van der Waals surface area (Å²) in [5, 5.41) is 9.21. The van der Waals surface area contributed by atoms with Crippen LogP contribution in [-0.4, -0.2) is 51.8 Å². The first-order chi connectivity index (χ1) is 11.4. The Balaban J connectivity index is 1.78. The van der Waals surface area contributed by atoms with Crippen LogP contribution in [0.3, 0.4) is 0 Å². The van der Waals surface area contributed by atoms with Gasteiger partial charge in [0, 0.05) is 35.5 Å². The van der Waals surface area contributed by atoms with Crippen molar-refractivity contribution in [3.63, 3.8) is 0 Å². The molecule has 3 rings (SSSR count). The molecule has 1 aliphatic rings. The van der Waals surface area contributed by atoms with Crippen LogP contribution < -0.4 is 0 Å². The van der Waals surface area contributed by atoms with E-state index in [1.807, 2.05) is 0 Å². The SMILES string of the molecule is O=C(c1ccc(C(=O)N2CC(F)(F)CC2CO)cc1)c1cc[nH]c1. The molecule has 7 heteroatoms. The van der Waals surface area contributed by atoms with Crippen molar-refractivity contribution in [3.05, 3.63) is 59.4 Å². The molecule has 1 saturated heterocycles. The smallest absolute Gasteiger partial charge is 0.267 e. The van der Waals surface area contributed by atoms with E-state index < -0.39 is 37.4 Å². The highest BCUT2D eigenvalue weighted by molar-refractivity contribution is 6.09. The third-order valence-electron chi connectivity index (χ3n) is 4.10. The highest BCUT2D eigenvalue weighted by Gasteiger charge is 2.46. The summed E-state index contributed by atoms with van der Waals surface area (Å²) in [6, 6.07) is 6.60. The number of ketones is 1. The Hall–Kier alpha value is -2.54. The molecule has 0 aliphatic carbocycles. The third-order valence-corrected chi connectivity index (χ3v) is 4.10. The lowest BCUT2D eigenvalue weighted by Crippen LogP contribution is -2.38. The Morgan fingerprint density at radius 2 is 1.83 bits per heavy atom. The zero-order valence-corrected chi connectivity index (χ0v) is 12.7. The fourth-order valence-electron chi connectivity index (χ4n) is 2.86. The highest BCUT2D eigenvalue weighted by Crippen LogP contribution is 2.32. The zero-order chi connectivity index (χ0) is 17.3. The van der Waals surface area contributed by atoms with Crippen molar-refractivity contribution >= 4 is 11.7 Å². The molecule has 126 valence electrons. The second-order valence-corrected chi connectivity index (χ2v) is 5.84. The summed E-state index contributed by atoms with van der Waals surface area (Å²) in [6.07, 6.45) is 2.66. The maximum Gasteiger partial charge on any atom is 0.267 e. The van der Waals surface area contributed by atoms with Crippen molar-refractivity contribution in [3.8, 4) is 0 Å². The molecule has 1 unspecified atom stereocenters. The first-order valence-electron chi connectivity index (χ1n) is 7.48. The number of hydrogen-bond acceptors (Lipinski definition) is 3. The number of nitrogens with one attached hydrogen (secondary N) is 1. The van der Waals surface area contributed by atoms with Crippen LogP contribution in [0.4, 0.5) is 8.78 Å². The standard InChI is InChI=1S/C17H16F2N2O3/c18-17(19)7-14(9-22)21(10-17)16(24)12-3-1-11(2-4-12)15(23)13-5-6-20-8-13/h1-6,8,14,20,22H,7,9-10H2. The van der Waals surface area contributed by atoms with Gasteiger partial charge in [-0.25, -0.2) is 8.78 Å². The first-order valence-corrected chi connectivity index (χ1v) is 7.48. The lowest BCUT2D eigenvalue weighted by Gasteiger charge is -2.22. The minimum atomic E-state index is -2.99. The highest BCUT2D eigenvalue weighted by atomic mass is 19.3. The molecule has 1 atom stereocenters. The van der Waals surface area contributed by atoms with Crippen LogP contribution in [0.15, 0.2) is 42.7 Å². The Labute approximate surface area is 136 Å². The molecular formula is C17H16F2N2O3. The quantitative estimate of drug-likeness (QED) is 0.841. The maximum absolute atomic E-state index is 13.5. The predicted octanol–water partition coefficient (Wildman–Crippen LogP) is 2.09. The molecule has 1 fully saturated rings. The van der Waals surface area contributed by atoms with Crippen LogP contribution in [0.25, 0.3) is 0 Å². The number of halogens is 2. The van der Waals surface area contributed by atoms with Crippen molar-refractivity contribution in [1.82, 2.24) is 9.88 Å². The zero-order valence-electron chi connectivity index (χ0n) is 12.7. The summed E-state index contributed by atoms with van der Waals surface area (Å²) >= 11 is 0. The Bertz CT molecular complexity index is 742. The Morgan fingerprint density at radius 3 is 2.42 bits per heavy atom. The first kappa shape index (κ1) is 16.3.